The third kappa shape index (κ3) is 3.69. The molecule has 1 aliphatic heterocycles. The molecule has 1 aliphatic carbocycles. The lowest BCUT2D eigenvalue weighted by atomic mass is 10.2. The molecule has 1 aromatic rings. The van der Waals surface area contributed by atoms with Crippen molar-refractivity contribution in [2.24, 2.45) is 5.92 Å². The number of rotatable bonds is 4. The highest BCUT2D eigenvalue weighted by Gasteiger charge is 2.55. The van der Waals surface area contributed by atoms with Crippen LogP contribution in [0.1, 0.15) is 33.6 Å². The minimum atomic E-state index is -0.507. The molecule has 6 nitrogen and oxygen atoms in total. The lowest BCUT2D eigenvalue weighted by Gasteiger charge is -2.30. The molecule has 1 saturated heterocycles. The number of hydrogen-bond donors (Lipinski definition) is 0. The quantitative estimate of drug-likeness (QED) is 0.827. The van der Waals surface area contributed by atoms with E-state index in [1.165, 1.54) is 7.11 Å². The smallest absolute Gasteiger partial charge is 0.410 e. The zero-order chi connectivity index (χ0) is 17.5. The SMILES string of the molecule is COc1ccc(Cl)c(OC[C@H]2C[C@@H]3C[C@@H]3N2C(=O)OC(C)(C)C)n1. The summed E-state index contributed by atoms with van der Waals surface area (Å²) in [6.45, 7) is 5.95. The van der Waals surface area contributed by atoms with Crippen LogP contribution < -0.4 is 9.47 Å². The maximum Gasteiger partial charge on any atom is 0.410 e. The van der Waals surface area contributed by atoms with Gasteiger partial charge in [-0.2, -0.15) is 4.98 Å². The van der Waals surface area contributed by atoms with Crippen molar-refractivity contribution in [3.8, 4) is 11.8 Å². The maximum absolute atomic E-state index is 12.5. The van der Waals surface area contributed by atoms with Crippen LogP contribution in [-0.2, 0) is 4.74 Å². The fourth-order valence-electron chi connectivity index (χ4n) is 3.10. The van der Waals surface area contributed by atoms with Gasteiger partial charge in [-0.1, -0.05) is 11.6 Å². The number of pyridine rings is 1. The van der Waals surface area contributed by atoms with E-state index in [2.05, 4.69) is 4.98 Å². The Balaban J connectivity index is 1.65. The monoisotopic (exact) mass is 354 g/mol. The maximum atomic E-state index is 12.5. The molecule has 132 valence electrons. The van der Waals surface area contributed by atoms with Crippen molar-refractivity contribution in [2.45, 2.75) is 51.3 Å². The zero-order valence-electron chi connectivity index (χ0n) is 14.4. The van der Waals surface area contributed by atoms with Gasteiger partial charge in [0, 0.05) is 12.1 Å². The zero-order valence-corrected chi connectivity index (χ0v) is 15.2. The van der Waals surface area contributed by atoms with E-state index < -0.39 is 5.60 Å². The highest BCUT2D eigenvalue weighted by Crippen LogP contribution is 2.48. The van der Waals surface area contributed by atoms with Crippen LogP contribution in [0.25, 0.3) is 0 Å². The Labute approximate surface area is 147 Å². The number of amides is 1. The Bertz CT molecular complexity index is 632. The molecule has 7 heteroatoms. The summed E-state index contributed by atoms with van der Waals surface area (Å²) in [4.78, 5) is 18.5. The molecule has 0 spiro atoms. The molecular formula is C17H23ClN2O4. The van der Waals surface area contributed by atoms with Crippen molar-refractivity contribution < 1.29 is 19.0 Å². The van der Waals surface area contributed by atoms with E-state index in [1.54, 1.807) is 12.1 Å². The van der Waals surface area contributed by atoms with Crippen molar-refractivity contribution in [1.82, 2.24) is 9.88 Å². The highest BCUT2D eigenvalue weighted by molar-refractivity contribution is 6.31. The lowest BCUT2D eigenvalue weighted by molar-refractivity contribution is 0.0137. The Hall–Kier alpha value is -1.69. The van der Waals surface area contributed by atoms with Gasteiger partial charge in [0.1, 0.15) is 17.2 Å². The van der Waals surface area contributed by atoms with Gasteiger partial charge in [-0.05, 0) is 45.6 Å². The number of fused-ring (bicyclic) bond motifs is 1. The number of ether oxygens (including phenoxy) is 3. The van der Waals surface area contributed by atoms with Crippen LogP contribution in [0.4, 0.5) is 4.79 Å². The Morgan fingerprint density at radius 3 is 2.79 bits per heavy atom. The van der Waals surface area contributed by atoms with Crippen LogP contribution in [-0.4, -0.2) is 47.4 Å². The molecule has 0 aromatic carbocycles. The van der Waals surface area contributed by atoms with E-state index in [0.29, 0.717) is 29.3 Å². The second-order valence-corrected chi connectivity index (χ2v) is 7.70. The van der Waals surface area contributed by atoms with Gasteiger partial charge < -0.3 is 14.2 Å². The first kappa shape index (κ1) is 17.1. The van der Waals surface area contributed by atoms with Crippen molar-refractivity contribution in [3.63, 3.8) is 0 Å². The molecule has 3 rings (SSSR count). The molecule has 2 aliphatic rings. The number of hydrogen-bond acceptors (Lipinski definition) is 5. The van der Waals surface area contributed by atoms with Crippen LogP contribution in [0.15, 0.2) is 12.1 Å². The molecule has 2 heterocycles. The second-order valence-electron chi connectivity index (χ2n) is 7.29. The largest absolute Gasteiger partial charge is 0.481 e. The van der Waals surface area contributed by atoms with E-state index in [-0.39, 0.29) is 18.2 Å². The molecule has 1 saturated carbocycles. The second kappa shape index (κ2) is 6.31. The Morgan fingerprint density at radius 2 is 2.12 bits per heavy atom. The van der Waals surface area contributed by atoms with Crippen molar-refractivity contribution in [2.75, 3.05) is 13.7 Å². The van der Waals surface area contributed by atoms with Crippen LogP contribution in [0.5, 0.6) is 11.8 Å². The average Bonchev–Trinajstić information content (AvgIpc) is 3.15. The summed E-state index contributed by atoms with van der Waals surface area (Å²) in [5.74, 6) is 1.31. The van der Waals surface area contributed by atoms with Crippen LogP contribution in [0.2, 0.25) is 5.02 Å². The van der Waals surface area contributed by atoms with Gasteiger partial charge in [-0.3, -0.25) is 4.90 Å². The molecule has 2 fully saturated rings. The molecule has 1 aromatic heterocycles. The van der Waals surface area contributed by atoms with Crippen molar-refractivity contribution in [1.29, 1.82) is 0 Å². The fourth-order valence-corrected chi connectivity index (χ4v) is 3.26. The minimum Gasteiger partial charge on any atom is -0.481 e. The summed E-state index contributed by atoms with van der Waals surface area (Å²) in [7, 11) is 1.54. The number of halogens is 1. The number of methoxy groups -OCH3 is 1. The summed E-state index contributed by atoms with van der Waals surface area (Å²) in [6.07, 6.45) is 1.70. The van der Waals surface area contributed by atoms with Crippen LogP contribution >= 0.6 is 11.6 Å². The van der Waals surface area contributed by atoms with Crippen molar-refractivity contribution in [3.05, 3.63) is 17.2 Å². The molecule has 0 radical (unpaired) electrons. The Morgan fingerprint density at radius 1 is 1.38 bits per heavy atom. The van der Waals surface area contributed by atoms with Gasteiger partial charge >= 0.3 is 6.09 Å². The van der Waals surface area contributed by atoms with Gasteiger partial charge in [-0.25, -0.2) is 4.79 Å². The van der Waals surface area contributed by atoms with Gasteiger partial charge in [0.2, 0.25) is 11.8 Å². The summed E-state index contributed by atoms with van der Waals surface area (Å²) in [5.41, 5.74) is -0.507. The number of likely N-dealkylation sites (tertiary alicyclic amines) is 1. The summed E-state index contributed by atoms with van der Waals surface area (Å²) in [6, 6.07) is 3.61. The lowest BCUT2D eigenvalue weighted by Crippen LogP contribution is -2.44. The van der Waals surface area contributed by atoms with E-state index >= 15 is 0 Å². The first-order valence-corrected chi connectivity index (χ1v) is 8.51. The number of aromatic nitrogens is 1. The van der Waals surface area contributed by atoms with Gasteiger partial charge in [0.15, 0.2) is 0 Å². The number of piperidine rings is 1. The number of carbonyl (C=O) groups excluding carboxylic acids is 1. The van der Waals surface area contributed by atoms with Gasteiger partial charge in [-0.15, -0.1) is 0 Å². The number of nitrogens with zero attached hydrogens (tertiary/aromatic N) is 2. The van der Waals surface area contributed by atoms with E-state index in [9.17, 15) is 4.79 Å². The Kier molecular flexibility index (Phi) is 4.51. The predicted molar refractivity (Wildman–Crippen MR) is 89.7 cm³/mol. The highest BCUT2D eigenvalue weighted by atomic mass is 35.5. The van der Waals surface area contributed by atoms with Crippen molar-refractivity contribution >= 4 is 17.7 Å². The normalized spacial score (nSPS) is 25.2. The number of carbonyl (C=O) groups is 1. The van der Waals surface area contributed by atoms with Crippen LogP contribution in [0, 0.1) is 5.92 Å². The summed E-state index contributed by atoms with van der Waals surface area (Å²) in [5, 5.41) is 0.419. The predicted octanol–water partition coefficient (Wildman–Crippen LogP) is 3.52. The summed E-state index contributed by atoms with van der Waals surface area (Å²) >= 11 is 6.11. The molecular weight excluding hydrogens is 332 g/mol. The average molecular weight is 355 g/mol. The topological polar surface area (TPSA) is 60.9 Å². The molecule has 1 amide bonds. The molecule has 0 unspecified atom stereocenters. The molecule has 24 heavy (non-hydrogen) atoms. The van der Waals surface area contributed by atoms with Gasteiger partial charge in [0.05, 0.1) is 13.2 Å². The van der Waals surface area contributed by atoms with Gasteiger partial charge in [0.25, 0.3) is 0 Å². The standard InChI is InChI=1S/C17H23ClN2O4/c1-17(2,3)24-16(21)20-11(7-10-8-13(10)20)9-23-15-12(18)5-6-14(19-15)22-4/h5-6,10-11,13H,7-9H2,1-4H3/t10-,11-,13+/m1/s1. The third-order valence-corrected chi connectivity index (χ3v) is 4.51. The van der Waals surface area contributed by atoms with E-state index in [4.69, 9.17) is 25.8 Å². The van der Waals surface area contributed by atoms with Crippen LogP contribution in [0.3, 0.4) is 0 Å². The minimum absolute atomic E-state index is 0.0207. The molecule has 0 bridgehead atoms. The molecule has 3 atom stereocenters. The first-order chi connectivity index (χ1) is 11.3. The van der Waals surface area contributed by atoms with E-state index in [1.807, 2.05) is 25.7 Å². The third-order valence-electron chi connectivity index (χ3n) is 4.22. The van der Waals surface area contributed by atoms with E-state index in [0.717, 1.165) is 12.8 Å². The fraction of sp³-hybridized carbons (Fsp3) is 0.647. The first-order valence-electron chi connectivity index (χ1n) is 8.13. The molecule has 0 N–H and O–H groups in total. The summed E-state index contributed by atoms with van der Waals surface area (Å²) < 4.78 is 16.4.